The standard InChI is InChI=1S/C15H23FN2/c1-3-8-17-11-14(4-2)18-9-7-12-5-6-13(16)10-15(12)18/h5-6,10,14,17H,3-4,7-9,11H2,1-2H3. The van der Waals surface area contributed by atoms with Crippen LogP contribution in [0, 0.1) is 5.82 Å². The lowest BCUT2D eigenvalue weighted by molar-refractivity contribution is 0.526. The molecule has 2 rings (SSSR count). The molecule has 0 aromatic heterocycles. The van der Waals surface area contributed by atoms with E-state index in [4.69, 9.17) is 0 Å². The molecule has 3 heteroatoms. The molecule has 1 atom stereocenters. The minimum atomic E-state index is -0.128. The van der Waals surface area contributed by atoms with Gasteiger partial charge >= 0.3 is 0 Å². The molecule has 0 fully saturated rings. The Morgan fingerprint density at radius 2 is 2.22 bits per heavy atom. The summed E-state index contributed by atoms with van der Waals surface area (Å²) in [4.78, 5) is 2.36. The third-order valence-corrected chi connectivity index (χ3v) is 3.70. The van der Waals surface area contributed by atoms with Crippen molar-refractivity contribution in [1.29, 1.82) is 0 Å². The number of fused-ring (bicyclic) bond motifs is 1. The maximum Gasteiger partial charge on any atom is 0.125 e. The molecule has 18 heavy (non-hydrogen) atoms. The zero-order chi connectivity index (χ0) is 13.0. The summed E-state index contributed by atoms with van der Waals surface area (Å²) < 4.78 is 13.4. The fraction of sp³-hybridized carbons (Fsp3) is 0.600. The maximum absolute atomic E-state index is 13.4. The Labute approximate surface area is 109 Å². The van der Waals surface area contributed by atoms with E-state index in [9.17, 15) is 4.39 Å². The van der Waals surface area contributed by atoms with Crippen molar-refractivity contribution in [2.45, 2.75) is 39.2 Å². The lowest BCUT2D eigenvalue weighted by Gasteiger charge is -2.30. The molecule has 1 aromatic carbocycles. The molecule has 1 aromatic rings. The summed E-state index contributed by atoms with van der Waals surface area (Å²) in [5.74, 6) is -0.128. The maximum atomic E-state index is 13.4. The van der Waals surface area contributed by atoms with Gasteiger partial charge in [0.25, 0.3) is 0 Å². The molecule has 0 amide bonds. The zero-order valence-corrected chi connectivity index (χ0v) is 11.4. The van der Waals surface area contributed by atoms with Crippen molar-refractivity contribution in [1.82, 2.24) is 5.32 Å². The van der Waals surface area contributed by atoms with Gasteiger partial charge in [0.2, 0.25) is 0 Å². The Hall–Kier alpha value is -1.09. The number of hydrogen-bond donors (Lipinski definition) is 1. The highest BCUT2D eigenvalue weighted by Gasteiger charge is 2.25. The molecule has 100 valence electrons. The van der Waals surface area contributed by atoms with Crippen LogP contribution in [0.4, 0.5) is 10.1 Å². The highest BCUT2D eigenvalue weighted by atomic mass is 19.1. The summed E-state index contributed by atoms with van der Waals surface area (Å²) in [5, 5.41) is 3.47. The third-order valence-electron chi connectivity index (χ3n) is 3.70. The van der Waals surface area contributed by atoms with E-state index in [1.54, 1.807) is 12.1 Å². The first kappa shape index (κ1) is 13.3. The first-order valence-electron chi connectivity index (χ1n) is 7.02. The van der Waals surface area contributed by atoms with Crippen molar-refractivity contribution in [3.8, 4) is 0 Å². The van der Waals surface area contributed by atoms with E-state index in [-0.39, 0.29) is 5.82 Å². The minimum absolute atomic E-state index is 0.128. The van der Waals surface area contributed by atoms with Gasteiger partial charge in [0, 0.05) is 24.8 Å². The van der Waals surface area contributed by atoms with E-state index in [0.717, 1.165) is 44.6 Å². The van der Waals surface area contributed by atoms with Crippen LogP contribution in [-0.2, 0) is 6.42 Å². The van der Waals surface area contributed by atoms with E-state index in [1.807, 2.05) is 6.07 Å². The van der Waals surface area contributed by atoms with Gasteiger partial charge in [0.1, 0.15) is 5.82 Å². The van der Waals surface area contributed by atoms with E-state index < -0.39 is 0 Å². The summed E-state index contributed by atoms with van der Waals surface area (Å²) >= 11 is 0. The van der Waals surface area contributed by atoms with Crippen molar-refractivity contribution in [2.75, 3.05) is 24.5 Å². The van der Waals surface area contributed by atoms with Gasteiger partial charge < -0.3 is 10.2 Å². The van der Waals surface area contributed by atoms with Crippen molar-refractivity contribution < 1.29 is 4.39 Å². The summed E-state index contributed by atoms with van der Waals surface area (Å²) in [7, 11) is 0. The van der Waals surface area contributed by atoms with Crippen LogP contribution in [0.2, 0.25) is 0 Å². The molecule has 0 bridgehead atoms. The molecule has 0 saturated heterocycles. The highest BCUT2D eigenvalue weighted by molar-refractivity contribution is 5.59. The number of benzene rings is 1. The molecule has 0 spiro atoms. The largest absolute Gasteiger partial charge is 0.367 e. The van der Waals surface area contributed by atoms with Crippen LogP contribution in [0.3, 0.4) is 0 Å². The van der Waals surface area contributed by atoms with E-state index >= 15 is 0 Å². The smallest absolute Gasteiger partial charge is 0.125 e. The van der Waals surface area contributed by atoms with Crippen LogP contribution < -0.4 is 10.2 Å². The van der Waals surface area contributed by atoms with Crippen LogP contribution in [0.25, 0.3) is 0 Å². The zero-order valence-electron chi connectivity index (χ0n) is 11.4. The number of halogens is 1. The quantitative estimate of drug-likeness (QED) is 0.781. The number of anilines is 1. The monoisotopic (exact) mass is 250 g/mol. The Morgan fingerprint density at radius 3 is 2.94 bits per heavy atom. The highest BCUT2D eigenvalue weighted by Crippen LogP contribution is 2.30. The molecular formula is C15H23FN2. The van der Waals surface area contributed by atoms with Gasteiger partial charge in [-0.1, -0.05) is 19.9 Å². The van der Waals surface area contributed by atoms with Crippen LogP contribution >= 0.6 is 0 Å². The number of hydrogen-bond acceptors (Lipinski definition) is 2. The number of nitrogens with zero attached hydrogens (tertiary/aromatic N) is 1. The Bertz CT molecular complexity index is 392. The van der Waals surface area contributed by atoms with E-state index in [1.165, 1.54) is 5.56 Å². The van der Waals surface area contributed by atoms with Crippen molar-refractivity contribution in [3.63, 3.8) is 0 Å². The van der Waals surface area contributed by atoms with Crippen LogP contribution in [0.15, 0.2) is 18.2 Å². The summed E-state index contributed by atoms with van der Waals surface area (Å²) in [6, 6.07) is 5.65. The van der Waals surface area contributed by atoms with Crippen LogP contribution in [0.5, 0.6) is 0 Å². The molecule has 2 nitrogen and oxygen atoms in total. The van der Waals surface area contributed by atoms with Crippen molar-refractivity contribution in [2.24, 2.45) is 0 Å². The van der Waals surface area contributed by atoms with Gasteiger partial charge in [-0.25, -0.2) is 4.39 Å². The molecule has 1 unspecified atom stereocenters. The summed E-state index contributed by atoms with van der Waals surface area (Å²) in [5.41, 5.74) is 2.38. The molecule has 0 radical (unpaired) electrons. The average Bonchev–Trinajstić information content (AvgIpc) is 2.78. The van der Waals surface area contributed by atoms with Gasteiger partial charge in [-0.15, -0.1) is 0 Å². The topological polar surface area (TPSA) is 15.3 Å². The fourth-order valence-corrected chi connectivity index (χ4v) is 2.68. The predicted octanol–water partition coefficient (Wildman–Crippen LogP) is 2.97. The van der Waals surface area contributed by atoms with Gasteiger partial charge in [0.05, 0.1) is 0 Å². The summed E-state index contributed by atoms with van der Waals surface area (Å²) in [6.07, 6.45) is 3.29. The van der Waals surface area contributed by atoms with Crippen molar-refractivity contribution >= 4 is 5.69 Å². The van der Waals surface area contributed by atoms with Gasteiger partial charge in [-0.3, -0.25) is 0 Å². The second kappa shape index (κ2) is 6.19. The lowest BCUT2D eigenvalue weighted by atomic mass is 10.1. The number of nitrogens with one attached hydrogen (secondary N) is 1. The van der Waals surface area contributed by atoms with Crippen LogP contribution in [-0.4, -0.2) is 25.7 Å². The Morgan fingerprint density at radius 1 is 1.39 bits per heavy atom. The first-order chi connectivity index (χ1) is 8.76. The molecule has 0 saturated carbocycles. The molecule has 1 aliphatic rings. The summed E-state index contributed by atoms with van der Waals surface area (Å²) in [6.45, 7) is 7.44. The Balaban J connectivity index is 2.07. The molecular weight excluding hydrogens is 227 g/mol. The van der Waals surface area contributed by atoms with E-state index in [0.29, 0.717) is 6.04 Å². The molecule has 1 N–H and O–H groups in total. The second-order valence-corrected chi connectivity index (χ2v) is 4.98. The van der Waals surface area contributed by atoms with Crippen molar-refractivity contribution in [3.05, 3.63) is 29.6 Å². The fourth-order valence-electron chi connectivity index (χ4n) is 2.68. The van der Waals surface area contributed by atoms with E-state index in [2.05, 4.69) is 24.1 Å². The average molecular weight is 250 g/mol. The Kier molecular flexibility index (Phi) is 4.59. The van der Waals surface area contributed by atoms with Crippen LogP contribution in [0.1, 0.15) is 32.3 Å². The van der Waals surface area contributed by atoms with Gasteiger partial charge in [-0.05, 0) is 43.5 Å². The first-order valence-corrected chi connectivity index (χ1v) is 7.02. The lowest BCUT2D eigenvalue weighted by Crippen LogP contribution is -2.41. The third kappa shape index (κ3) is 2.83. The predicted molar refractivity (Wildman–Crippen MR) is 74.7 cm³/mol. The van der Waals surface area contributed by atoms with Gasteiger partial charge in [0.15, 0.2) is 0 Å². The van der Waals surface area contributed by atoms with Gasteiger partial charge in [-0.2, -0.15) is 0 Å². The normalized spacial score (nSPS) is 15.8. The second-order valence-electron chi connectivity index (χ2n) is 4.98. The minimum Gasteiger partial charge on any atom is -0.367 e. The number of rotatable bonds is 6. The molecule has 0 aliphatic carbocycles. The molecule has 1 heterocycles. The molecule has 1 aliphatic heterocycles. The SMILES string of the molecule is CCCNCC(CC)N1CCc2ccc(F)cc21.